The Morgan fingerprint density at radius 3 is 2.48 bits per heavy atom. The van der Waals surface area contributed by atoms with Gasteiger partial charge in [-0.3, -0.25) is 0 Å². The van der Waals surface area contributed by atoms with Crippen molar-refractivity contribution in [2.75, 3.05) is 11.9 Å². The van der Waals surface area contributed by atoms with Crippen LogP contribution >= 0.6 is 15.9 Å². The number of hydrogen-bond donors (Lipinski definition) is 2. The lowest BCUT2D eigenvalue weighted by Crippen LogP contribution is -2.38. The maximum absolute atomic E-state index is 11.7. The van der Waals surface area contributed by atoms with Crippen LogP contribution in [-0.4, -0.2) is 24.3 Å². The van der Waals surface area contributed by atoms with Crippen LogP contribution in [0.1, 0.15) is 27.7 Å². The molecule has 1 amide bonds. The second-order valence-corrected chi connectivity index (χ2v) is 7.42. The normalized spacial score (nSPS) is 12.7. The Labute approximate surface area is 145 Å². The highest BCUT2D eigenvalue weighted by molar-refractivity contribution is 9.10. The predicted molar refractivity (Wildman–Crippen MR) is 99.0 cm³/mol. The number of anilines is 1. The molecule has 0 saturated carbocycles. The van der Waals surface area contributed by atoms with Crippen LogP contribution in [0.3, 0.4) is 0 Å². The van der Waals surface area contributed by atoms with Gasteiger partial charge in [0.25, 0.3) is 0 Å². The summed E-state index contributed by atoms with van der Waals surface area (Å²) in [5.41, 5.74) is 0.560. The molecule has 1 unspecified atom stereocenters. The Hall–Kier alpha value is -1.75. The molecule has 0 aliphatic heterocycles. The molecule has 0 aromatic heterocycles. The Balaban J connectivity index is 2.00. The molecular weight excluding hydrogens is 356 g/mol. The summed E-state index contributed by atoms with van der Waals surface area (Å²) in [5.74, 6) is 0. The lowest BCUT2D eigenvalue weighted by atomic mass is 10.1. The van der Waals surface area contributed by atoms with E-state index < -0.39 is 11.7 Å². The van der Waals surface area contributed by atoms with E-state index in [-0.39, 0.29) is 6.04 Å². The van der Waals surface area contributed by atoms with Gasteiger partial charge in [0.2, 0.25) is 0 Å². The first kappa shape index (κ1) is 17.6. The monoisotopic (exact) mass is 378 g/mol. The molecule has 4 nitrogen and oxygen atoms in total. The molecule has 0 aliphatic rings. The third-order valence-electron chi connectivity index (χ3n) is 3.22. The smallest absolute Gasteiger partial charge is 0.407 e. The van der Waals surface area contributed by atoms with Gasteiger partial charge in [0.1, 0.15) is 5.60 Å². The number of nitrogens with one attached hydrogen (secondary N) is 2. The van der Waals surface area contributed by atoms with E-state index in [4.69, 9.17) is 4.74 Å². The van der Waals surface area contributed by atoms with Gasteiger partial charge in [-0.2, -0.15) is 0 Å². The van der Waals surface area contributed by atoms with Crippen LogP contribution in [0.2, 0.25) is 0 Å². The Bertz CT molecular complexity index is 695. The second kappa shape index (κ2) is 7.21. The fourth-order valence-corrected chi connectivity index (χ4v) is 2.73. The second-order valence-electron chi connectivity index (χ2n) is 6.57. The van der Waals surface area contributed by atoms with Crippen molar-refractivity contribution in [2.24, 2.45) is 0 Å². The van der Waals surface area contributed by atoms with E-state index >= 15 is 0 Å². The lowest BCUT2D eigenvalue weighted by Gasteiger charge is -2.22. The van der Waals surface area contributed by atoms with Gasteiger partial charge < -0.3 is 15.4 Å². The maximum atomic E-state index is 11.7. The molecule has 23 heavy (non-hydrogen) atoms. The maximum Gasteiger partial charge on any atom is 0.407 e. The Morgan fingerprint density at radius 2 is 1.83 bits per heavy atom. The van der Waals surface area contributed by atoms with Gasteiger partial charge >= 0.3 is 6.09 Å². The average molecular weight is 379 g/mol. The number of alkyl carbamates (subject to hydrolysis) is 1. The number of ether oxygens (including phenoxy) is 1. The van der Waals surface area contributed by atoms with Crippen molar-refractivity contribution in [1.29, 1.82) is 0 Å². The third kappa shape index (κ3) is 5.13. The standard InChI is InChI=1S/C18H23BrN2O2/c1-12(11-20-17(22)23-18(2,3)4)21-16-10-9-15(19)13-7-5-6-8-14(13)16/h5-10,12,21H,11H2,1-4H3,(H,20,22). The van der Waals surface area contributed by atoms with Crippen LogP contribution in [0.15, 0.2) is 40.9 Å². The molecule has 0 bridgehead atoms. The van der Waals surface area contributed by atoms with Crippen molar-refractivity contribution in [3.05, 3.63) is 40.9 Å². The zero-order valence-corrected chi connectivity index (χ0v) is 15.5. The van der Waals surface area contributed by atoms with Crippen molar-refractivity contribution in [3.63, 3.8) is 0 Å². The molecule has 1 atom stereocenters. The largest absolute Gasteiger partial charge is 0.444 e. The van der Waals surface area contributed by atoms with E-state index in [1.807, 2.05) is 52.0 Å². The molecule has 2 aromatic rings. The third-order valence-corrected chi connectivity index (χ3v) is 3.92. The van der Waals surface area contributed by atoms with Crippen LogP contribution in [0, 0.1) is 0 Å². The van der Waals surface area contributed by atoms with Crippen LogP contribution < -0.4 is 10.6 Å². The molecule has 2 aromatic carbocycles. The summed E-state index contributed by atoms with van der Waals surface area (Å²) in [7, 11) is 0. The van der Waals surface area contributed by atoms with E-state index in [1.54, 1.807) is 0 Å². The number of rotatable bonds is 4. The SMILES string of the molecule is CC(CNC(=O)OC(C)(C)C)Nc1ccc(Br)c2ccccc12. The number of halogens is 1. The highest BCUT2D eigenvalue weighted by Gasteiger charge is 2.16. The van der Waals surface area contributed by atoms with Gasteiger partial charge in [0.15, 0.2) is 0 Å². The molecule has 0 aliphatic carbocycles. The van der Waals surface area contributed by atoms with E-state index in [9.17, 15) is 4.79 Å². The van der Waals surface area contributed by atoms with Gasteiger partial charge in [-0.15, -0.1) is 0 Å². The van der Waals surface area contributed by atoms with E-state index in [1.165, 1.54) is 0 Å². The zero-order valence-electron chi connectivity index (χ0n) is 13.9. The van der Waals surface area contributed by atoms with Crippen LogP contribution in [0.25, 0.3) is 10.8 Å². The van der Waals surface area contributed by atoms with Crippen LogP contribution in [0.4, 0.5) is 10.5 Å². The van der Waals surface area contributed by atoms with Crippen LogP contribution in [-0.2, 0) is 4.74 Å². The van der Waals surface area contributed by atoms with Gasteiger partial charge in [0.05, 0.1) is 0 Å². The van der Waals surface area contributed by atoms with Crippen molar-refractivity contribution < 1.29 is 9.53 Å². The first-order valence-electron chi connectivity index (χ1n) is 7.67. The highest BCUT2D eigenvalue weighted by atomic mass is 79.9. The van der Waals surface area contributed by atoms with Gasteiger partial charge in [-0.25, -0.2) is 4.79 Å². The molecule has 2 rings (SSSR count). The fraction of sp³-hybridized carbons (Fsp3) is 0.389. The molecule has 124 valence electrons. The number of amides is 1. The minimum absolute atomic E-state index is 0.0760. The molecule has 2 N–H and O–H groups in total. The van der Waals surface area contributed by atoms with Crippen LogP contribution in [0.5, 0.6) is 0 Å². The topological polar surface area (TPSA) is 50.4 Å². The number of benzene rings is 2. The minimum Gasteiger partial charge on any atom is -0.444 e. The molecule has 0 radical (unpaired) electrons. The minimum atomic E-state index is -0.483. The van der Waals surface area contributed by atoms with Crippen molar-refractivity contribution in [3.8, 4) is 0 Å². The Morgan fingerprint density at radius 1 is 1.17 bits per heavy atom. The summed E-state index contributed by atoms with van der Waals surface area (Å²) in [4.78, 5) is 11.7. The molecule has 0 saturated heterocycles. The summed E-state index contributed by atoms with van der Waals surface area (Å²) in [6.07, 6.45) is -0.396. The molecular formula is C18H23BrN2O2. The van der Waals surface area contributed by atoms with Crippen molar-refractivity contribution in [2.45, 2.75) is 39.3 Å². The number of carbonyl (C=O) groups excluding carboxylic acids is 1. The molecule has 5 heteroatoms. The van der Waals surface area contributed by atoms with E-state index in [0.29, 0.717) is 6.54 Å². The van der Waals surface area contributed by atoms with E-state index in [0.717, 1.165) is 20.9 Å². The van der Waals surface area contributed by atoms with Crippen molar-refractivity contribution in [1.82, 2.24) is 5.32 Å². The summed E-state index contributed by atoms with van der Waals surface area (Å²) >= 11 is 3.57. The van der Waals surface area contributed by atoms with E-state index in [2.05, 4.69) is 38.7 Å². The summed E-state index contributed by atoms with van der Waals surface area (Å²) < 4.78 is 6.31. The van der Waals surface area contributed by atoms with Crippen molar-refractivity contribution >= 4 is 38.5 Å². The molecule has 0 spiro atoms. The van der Waals surface area contributed by atoms with Gasteiger partial charge in [-0.1, -0.05) is 40.2 Å². The first-order valence-corrected chi connectivity index (χ1v) is 8.46. The number of fused-ring (bicyclic) bond motifs is 1. The van der Waals surface area contributed by atoms with Gasteiger partial charge in [-0.05, 0) is 45.2 Å². The van der Waals surface area contributed by atoms with Gasteiger partial charge in [0, 0.05) is 28.1 Å². The summed E-state index contributed by atoms with van der Waals surface area (Å²) in [6.45, 7) is 8.06. The lowest BCUT2D eigenvalue weighted by molar-refractivity contribution is 0.0526. The number of carbonyl (C=O) groups is 1. The zero-order chi connectivity index (χ0) is 17.0. The molecule has 0 heterocycles. The quantitative estimate of drug-likeness (QED) is 0.792. The number of hydrogen-bond acceptors (Lipinski definition) is 3. The predicted octanol–water partition coefficient (Wildman–Crippen LogP) is 4.93. The summed E-state index contributed by atoms with van der Waals surface area (Å²) in [6, 6.07) is 12.3. The first-order chi connectivity index (χ1) is 10.8. The summed E-state index contributed by atoms with van der Waals surface area (Å²) in [5, 5.41) is 8.53. The average Bonchev–Trinajstić information content (AvgIpc) is 2.47. The fourth-order valence-electron chi connectivity index (χ4n) is 2.26. The molecule has 0 fully saturated rings. The highest BCUT2D eigenvalue weighted by Crippen LogP contribution is 2.30. The Kier molecular flexibility index (Phi) is 5.52.